The van der Waals surface area contributed by atoms with Crippen molar-refractivity contribution in [3.63, 3.8) is 0 Å². The van der Waals surface area contributed by atoms with Gasteiger partial charge in [-0.15, -0.1) is 0 Å². The molecule has 0 saturated heterocycles. The van der Waals surface area contributed by atoms with Gasteiger partial charge in [0.05, 0.1) is 5.52 Å². The first kappa shape index (κ1) is 12.2. The number of rotatable bonds is 4. The van der Waals surface area contributed by atoms with Crippen LogP contribution >= 0.6 is 0 Å². The van der Waals surface area contributed by atoms with Gasteiger partial charge in [0, 0.05) is 24.2 Å². The van der Waals surface area contributed by atoms with Gasteiger partial charge in [-0.25, -0.2) is 0 Å². The summed E-state index contributed by atoms with van der Waals surface area (Å²) < 4.78 is 2.35. The smallest absolute Gasteiger partial charge is 0.0512 e. The fourth-order valence-corrected chi connectivity index (χ4v) is 2.45. The van der Waals surface area contributed by atoms with Crippen LogP contribution in [0.3, 0.4) is 0 Å². The molecule has 1 heterocycles. The Morgan fingerprint density at radius 2 is 2.12 bits per heavy atom. The van der Waals surface area contributed by atoms with Gasteiger partial charge in [0.15, 0.2) is 0 Å². The van der Waals surface area contributed by atoms with Crippen molar-refractivity contribution in [1.82, 2.24) is 4.57 Å². The Bertz CT molecular complexity index is 509. The maximum absolute atomic E-state index is 5.85. The van der Waals surface area contributed by atoms with Gasteiger partial charge in [-0.05, 0) is 44.7 Å². The summed E-state index contributed by atoms with van der Waals surface area (Å²) in [5.41, 5.74) is 10.0. The Kier molecular flexibility index (Phi) is 3.53. The quantitative estimate of drug-likeness (QED) is 0.858. The van der Waals surface area contributed by atoms with Crippen molar-refractivity contribution >= 4 is 10.9 Å². The highest BCUT2D eigenvalue weighted by molar-refractivity contribution is 5.86. The van der Waals surface area contributed by atoms with E-state index < -0.39 is 0 Å². The summed E-state index contributed by atoms with van der Waals surface area (Å²) in [7, 11) is 0. The highest BCUT2D eigenvalue weighted by Gasteiger charge is 2.09. The molecule has 2 N–H and O–H groups in total. The molecule has 0 radical (unpaired) electrons. The Labute approximate surface area is 103 Å². The highest BCUT2D eigenvalue weighted by Crippen LogP contribution is 2.25. The summed E-state index contributed by atoms with van der Waals surface area (Å²) in [6.07, 6.45) is 4.42. The van der Waals surface area contributed by atoms with Gasteiger partial charge in [0.1, 0.15) is 0 Å². The van der Waals surface area contributed by atoms with Crippen LogP contribution in [0, 0.1) is 6.92 Å². The van der Waals surface area contributed by atoms with Crippen molar-refractivity contribution in [2.75, 3.05) is 0 Å². The lowest BCUT2D eigenvalue weighted by Crippen LogP contribution is -2.15. The molecule has 0 fully saturated rings. The first-order chi connectivity index (χ1) is 8.13. The van der Waals surface area contributed by atoms with Gasteiger partial charge in [-0.1, -0.05) is 18.2 Å². The minimum absolute atomic E-state index is 0.278. The number of nitrogens with two attached hydrogens (primary N) is 1. The molecule has 0 aliphatic carbocycles. The van der Waals surface area contributed by atoms with Crippen molar-refractivity contribution in [2.45, 2.75) is 46.2 Å². The third-order valence-corrected chi connectivity index (χ3v) is 3.39. The van der Waals surface area contributed by atoms with Crippen LogP contribution in [-0.2, 0) is 13.0 Å². The first-order valence-corrected chi connectivity index (χ1v) is 6.46. The molecular formula is C15H22N2. The summed E-state index contributed by atoms with van der Waals surface area (Å²) >= 11 is 0. The second-order valence-corrected chi connectivity index (χ2v) is 4.93. The molecule has 1 aromatic carbocycles. The Morgan fingerprint density at radius 1 is 1.35 bits per heavy atom. The van der Waals surface area contributed by atoms with Gasteiger partial charge in [0.25, 0.3) is 0 Å². The molecule has 1 atom stereocenters. The number of nitrogens with zero attached hydrogens (tertiary/aromatic N) is 1. The topological polar surface area (TPSA) is 30.9 Å². The van der Waals surface area contributed by atoms with E-state index in [4.69, 9.17) is 5.73 Å². The second kappa shape index (κ2) is 4.92. The highest BCUT2D eigenvalue weighted by atomic mass is 14.9. The van der Waals surface area contributed by atoms with E-state index in [1.54, 1.807) is 0 Å². The summed E-state index contributed by atoms with van der Waals surface area (Å²) in [6.45, 7) is 7.48. The normalized spacial score (nSPS) is 13.2. The fourth-order valence-electron chi connectivity index (χ4n) is 2.45. The minimum atomic E-state index is 0.278. The fraction of sp³-hybridized carbons (Fsp3) is 0.467. The van der Waals surface area contributed by atoms with E-state index in [1.807, 2.05) is 0 Å². The van der Waals surface area contributed by atoms with E-state index in [2.05, 4.69) is 49.7 Å². The molecule has 2 heteroatoms. The zero-order valence-corrected chi connectivity index (χ0v) is 11.0. The lowest BCUT2D eigenvalue weighted by atomic mass is 10.0. The van der Waals surface area contributed by atoms with Gasteiger partial charge in [-0.2, -0.15) is 0 Å². The van der Waals surface area contributed by atoms with Crippen LogP contribution in [0.1, 0.15) is 31.4 Å². The van der Waals surface area contributed by atoms with Crippen LogP contribution in [0.25, 0.3) is 10.9 Å². The number of aryl methyl sites for hydroxylation is 3. The van der Waals surface area contributed by atoms with E-state index in [-0.39, 0.29) is 6.04 Å². The maximum Gasteiger partial charge on any atom is 0.0512 e. The molecule has 0 spiro atoms. The number of aromatic nitrogens is 1. The molecule has 0 aliphatic rings. The Balaban J connectivity index is 2.46. The van der Waals surface area contributed by atoms with Gasteiger partial charge in [-0.3, -0.25) is 0 Å². The number of fused-ring (bicyclic) bond motifs is 1. The summed E-state index contributed by atoms with van der Waals surface area (Å²) in [4.78, 5) is 0. The van der Waals surface area contributed by atoms with Crippen LogP contribution in [0.15, 0.2) is 24.4 Å². The number of hydrogen-bond acceptors (Lipinski definition) is 1. The molecular weight excluding hydrogens is 208 g/mol. The summed E-state index contributed by atoms with van der Waals surface area (Å²) in [6, 6.07) is 6.84. The van der Waals surface area contributed by atoms with Crippen molar-refractivity contribution < 1.29 is 0 Å². The molecule has 0 bridgehead atoms. The monoisotopic (exact) mass is 230 g/mol. The summed E-state index contributed by atoms with van der Waals surface area (Å²) in [5.74, 6) is 0. The largest absolute Gasteiger partial charge is 0.347 e. The van der Waals surface area contributed by atoms with E-state index in [0.29, 0.717) is 0 Å². The molecule has 17 heavy (non-hydrogen) atoms. The van der Waals surface area contributed by atoms with Crippen molar-refractivity contribution in [3.8, 4) is 0 Å². The lowest BCUT2D eigenvalue weighted by Gasteiger charge is -2.04. The van der Waals surface area contributed by atoms with Crippen molar-refractivity contribution in [3.05, 3.63) is 35.5 Å². The average Bonchev–Trinajstić information content (AvgIpc) is 2.66. The predicted octanol–water partition coefficient (Wildman–Crippen LogP) is 3.25. The third kappa shape index (κ3) is 2.37. The molecule has 0 aliphatic heterocycles. The predicted molar refractivity (Wildman–Crippen MR) is 74.3 cm³/mol. The van der Waals surface area contributed by atoms with Crippen LogP contribution in [0.5, 0.6) is 0 Å². The molecule has 2 rings (SSSR count). The Hall–Kier alpha value is -1.28. The molecule has 2 aromatic rings. The lowest BCUT2D eigenvalue weighted by molar-refractivity contribution is 0.665. The van der Waals surface area contributed by atoms with Crippen molar-refractivity contribution in [2.24, 2.45) is 5.73 Å². The van der Waals surface area contributed by atoms with Crippen LogP contribution < -0.4 is 5.73 Å². The second-order valence-electron chi connectivity index (χ2n) is 4.93. The van der Waals surface area contributed by atoms with E-state index >= 15 is 0 Å². The third-order valence-electron chi connectivity index (χ3n) is 3.39. The molecule has 0 unspecified atom stereocenters. The molecule has 1 aromatic heterocycles. The van der Waals surface area contributed by atoms with Gasteiger partial charge >= 0.3 is 0 Å². The van der Waals surface area contributed by atoms with Crippen molar-refractivity contribution in [1.29, 1.82) is 0 Å². The Morgan fingerprint density at radius 3 is 2.76 bits per heavy atom. The van der Waals surface area contributed by atoms with E-state index in [0.717, 1.165) is 19.4 Å². The number of para-hydroxylation sites is 1. The average molecular weight is 230 g/mol. The SMILES string of the molecule is CCn1cc(CC[C@H](C)N)c2cccc(C)c21. The molecule has 0 amide bonds. The molecule has 0 saturated carbocycles. The van der Waals surface area contributed by atoms with Crippen LogP contribution in [0.4, 0.5) is 0 Å². The number of benzene rings is 1. The minimum Gasteiger partial charge on any atom is -0.347 e. The van der Waals surface area contributed by atoms with Crippen LogP contribution in [-0.4, -0.2) is 10.6 Å². The number of hydrogen-bond donors (Lipinski definition) is 1. The van der Waals surface area contributed by atoms with E-state index in [9.17, 15) is 0 Å². The van der Waals surface area contributed by atoms with E-state index in [1.165, 1.54) is 22.0 Å². The standard InChI is InChI=1S/C15H22N2/c1-4-17-10-13(9-8-12(3)16)14-7-5-6-11(2)15(14)17/h5-7,10,12H,4,8-9,16H2,1-3H3/t12-/m0/s1. The van der Waals surface area contributed by atoms with Gasteiger partial charge in [0.2, 0.25) is 0 Å². The first-order valence-electron chi connectivity index (χ1n) is 6.46. The summed E-state index contributed by atoms with van der Waals surface area (Å²) in [5, 5.41) is 1.40. The zero-order chi connectivity index (χ0) is 12.4. The van der Waals surface area contributed by atoms with Crippen LogP contribution in [0.2, 0.25) is 0 Å². The van der Waals surface area contributed by atoms with Gasteiger partial charge < -0.3 is 10.3 Å². The maximum atomic E-state index is 5.85. The molecule has 92 valence electrons. The zero-order valence-electron chi connectivity index (χ0n) is 11.0. The molecule has 2 nitrogen and oxygen atoms in total.